The van der Waals surface area contributed by atoms with Crippen LogP contribution in [0.15, 0.2) is 58.1 Å². The van der Waals surface area contributed by atoms with E-state index in [0.717, 1.165) is 11.1 Å². The van der Waals surface area contributed by atoms with Gasteiger partial charge in [-0.05, 0) is 28.7 Å². The fourth-order valence-corrected chi connectivity index (χ4v) is 2.35. The SMILES string of the molecule is O=c1[nH]c(-c2ccoc2)nc(-c2ccccc2)c1I. The highest BCUT2D eigenvalue weighted by Crippen LogP contribution is 2.23. The summed E-state index contributed by atoms with van der Waals surface area (Å²) in [7, 11) is 0. The highest BCUT2D eigenvalue weighted by Gasteiger charge is 2.12. The van der Waals surface area contributed by atoms with E-state index in [1.54, 1.807) is 18.6 Å². The maximum Gasteiger partial charge on any atom is 0.265 e. The minimum Gasteiger partial charge on any atom is -0.472 e. The molecule has 0 aliphatic carbocycles. The number of furan rings is 1. The molecular formula is C14H9IN2O2. The summed E-state index contributed by atoms with van der Waals surface area (Å²) < 4.78 is 5.60. The maximum atomic E-state index is 12.0. The standard InChI is InChI=1S/C14H9IN2O2/c15-11-12(9-4-2-1-3-5-9)16-13(17-14(11)18)10-6-7-19-8-10/h1-8H,(H,16,17,18). The average molecular weight is 364 g/mol. The molecule has 0 aliphatic heterocycles. The number of hydrogen-bond acceptors (Lipinski definition) is 3. The summed E-state index contributed by atoms with van der Waals surface area (Å²) >= 11 is 2.01. The molecule has 0 fully saturated rings. The second kappa shape index (κ2) is 5.00. The van der Waals surface area contributed by atoms with Crippen LogP contribution in [0, 0.1) is 3.57 Å². The van der Waals surface area contributed by atoms with Crippen LogP contribution in [0.3, 0.4) is 0 Å². The van der Waals surface area contributed by atoms with Gasteiger partial charge in [0.1, 0.15) is 15.7 Å². The van der Waals surface area contributed by atoms with E-state index in [-0.39, 0.29) is 5.56 Å². The summed E-state index contributed by atoms with van der Waals surface area (Å²) in [5.74, 6) is 0.512. The second-order valence-electron chi connectivity index (χ2n) is 3.96. The third-order valence-electron chi connectivity index (χ3n) is 2.70. The summed E-state index contributed by atoms with van der Waals surface area (Å²) in [5, 5.41) is 0. The monoisotopic (exact) mass is 364 g/mol. The van der Waals surface area contributed by atoms with Crippen LogP contribution in [0.1, 0.15) is 0 Å². The van der Waals surface area contributed by atoms with Gasteiger partial charge in [-0.2, -0.15) is 0 Å². The number of H-pyrrole nitrogens is 1. The lowest BCUT2D eigenvalue weighted by molar-refractivity contribution is 0.568. The molecule has 0 saturated carbocycles. The molecule has 94 valence electrons. The van der Waals surface area contributed by atoms with E-state index in [2.05, 4.69) is 9.97 Å². The molecule has 1 aromatic carbocycles. The Morgan fingerprint density at radius 3 is 2.58 bits per heavy atom. The number of nitrogens with zero attached hydrogens (tertiary/aromatic N) is 1. The number of hydrogen-bond donors (Lipinski definition) is 1. The molecule has 0 bridgehead atoms. The van der Waals surface area contributed by atoms with E-state index in [9.17, 15) is 4.79 Å². The van der Waals surface area contributed by atoms with Crippen molar-refractivity contribution in [3.63, 3.8) is 0 Å². The zero-order valence-electron chi connectivity index (χ0n) is 9.76. The Labute approximate surface area is 122 Å². The molecule has 0 spiro atoms. The molecular weight excluding hydrogens is 355 g/mol. The topological polar surface area (TPSA) is 58.9 Å². The van der Waals surface area contributed by atoms with Gasteiger partial charge in [0.15, 0.2) is 0 Å². The minimum absolute atomic E-state index is 0.148. The molecule has 0 saturated heterocycles. The average Bonchev–Trinajstić information content (AvgIpc) is 2.97. The van der Waals surface area contributed by atoms with Crippen molar-refractivity contribution in [1.82, 2.24) is 9.97 Å². The van der Waals surface area contributed by atoms with E-state index < -0.39 is 0 Å². The van der Waals surface area contributed by atoms with Gasteiger partial charge in [-0.15, -0.1) is 0 Å². The Morgan fingerprint density at radius 2 is 1.89 bits per heavy atom. The zero-order chi connectivity index (χ0) is 13.2. The first-order valence-corrected chi connectivity index (χ1v) is 6.71. The number of benzene rings is 1. The first kappa shape index (κ1) is 12.2. The summed E-state index contributed by atoms with van der Waals surface area (Å²) in [6, 6.07) is 11.4. The lowest BCUT2D eigenvalue weighted by Gasteiger charge is -2.05. The summed E-state index contributed by atoms with van der Waals surface area (Å²) in [6.45, 7) is 0. The van der Waals surface area contributed by atoms with Gasteiger partial charge in [-0.25, -0.2) is 4.98 Å². The normalized spacial score (nSPS) is 10.6. The zero-order valence-corrected chi connectivity index (χ0v) is 11.9. The highest BCUT2D eigenvalue weighted by atomic mass is 127. The van der Waals surface area contributed by atoms with E-state index in [1.165, 1.54) is 0 Å². The molecule has 3 aromatic rings. The van der Waals surface area contributed by atoms with Crippen LogP contribution in [0.5, 0.6) is 0 Å². The van der Waals surface area contributed by atoms with Crippen LogP contribution >= 0.6 is 22.6 Å². The number of halogens is 1. The van der Waals surface area contributed by atoms with Gasteiger partial charge in [0.25, 0.3) is 5.56 Å². The smallest absolute Gasteiger partial charge is 0.265 e. The highest BCUT2D eigenvalue weighted by molar-refractivity contribution is 14.1. The predicted octanol–water partition coefficient (Wildman–Crippen LogP) is 3.30. The van der Waals surface area contributed by atoms with Gasteiger partial charge in [0, 0.05) is 5.56 Å². The molecule has 19 heavy (non-hydrogen) atoms. The van der Waals surface area contributed by atoms with Crippen molar-refractivity contribution >= 4 is 22.6 Å². The van der Waals surface area contributed by atoms with Crippen LogP contribution in [-0.2, 0) is 0 Å². The number of aromatic amines is 1. The first-order chi connectivity index (χ1) is 9.25. The third-order valence-corrected chi connectivity index (χ3v) is 3.71. The molecule has 2 aromatic heterocycles. The van der Waals surface area contributed by atoms with Gasteiger partial charge in [0.2, 0.25) is 0 Å². The van der Waals surface area contributed by atoms with Crippen molar-refractivity contribution in [1.29, 1.82) is 0 Å². The minimum atomic E-state index is -0.148. The Bertz CT molecular complexity index is 749. The molecule has 0 aliphatic rings. The number of aromatic nitrogens is 2. The van der Waals surface area contributed by atoms with Gasteiger partial charge in [-0.1, -0.05) is 30.3 Å². The van der Waals surface area contributed by atoms with Crippen molar-refractivity contribution in [3.8, 4) is 22.6 Å². The molecule has 5 heteroatoms. The quantitative estimate of drug-likeness (QED) is 0.710. The van der Waals surface area contributed by atoms with Crippen molar-refractivity contribution in [2.75, 3.05) is 0 Å². The molecule has 0 amide bonds. The van der Waals surface area contributed by atoms with Gasteiger partial charge in [-0.3, -0.25) is 4.79 Å². The predicted molar refractivity (Wildman–Crippen MR) is 80.7 cm³/mol. The van der Waals surface area contributed by atoms with Crippen LogP contribution in [0.4, 0.5) is 0 Å². The van der Waals surface area contributed by atoms with Gasteiger partial charge < -0.3 is 9.40 Å². The van der Waals surface area contributed by atoms with Crippen LogP contribution in [0.25, 0.3) is 22.6 Å². The Morgan fingerprint density at radius 1 is 1.11 bits per heavy atom. The van der Waals surface area contributed by atoms with Crippen molar-refractivity contribution in [2.24, 2.45) is 0 Å². The Hall–Kier alpha value is -1.89. The number of nitrogens with one attached hydrogen (secondary N) is 1. The first-order valence-electron chi connectivity index (χ1n) is 5.63. The van der Waals surface area contributed by atoms with Crippen LogP contribution in [0.2, 0.25) is 0 Å². The summed E-state index contributed by atoms with van der Waals surface area (Å²) in [6.07, 6.45) is 3.11. The molecule has 3 rings (SSSR count). The van der Waals surface area contributed by atoms with E-state index in [4.69, 9.17) is 4.42 Å². The van der Waals surface area contributed by atoms with Crippen molar-refractivity contribution in [3.05, 3.63) is 62.8 Å². The molecule has 0 atom stereocenters. The van der Waals surface area contributed by atoms with Crippen LogP contribution in [-0.4, -0.2) is 9.97 Å². The van der Waals surface area contributed by atoms with Crippen molar-refractivity contribution in [2.45, 2.75) is 0 Å². The number of rotatable bonds is 2. The fourth-order valence-electron chi connectivity index (χ4n) is 1.78. The van der Waals surface area contributed by atoms with Gasteiger partial charge in [0.05, 0.1) is 17.5 Å². The largest absolute Gasteiger partial charge is 0.472 e. The molecule has 4 nitrogen and oxygen atoms in total. The summed E-state index contributed by atoms with van der Waals surface area (Å²) in [4.78, 5) is 19.3. The molecule has 2 heterocycles. The van der Waals surface area contributed by atoms with E-state index in [1.807, 2.05) is 52.9 Å². The lowest BCUT2D eigenvalue weighted by atomic mass is 10.1. The van der Waals surface area contributed by atoms with Gasteiger partial charge >= 0.3 is 0 Å². The second-order valence-corrected chi connectivity index (χ2v) is 5.03. The summed E-state index contributed by atoms with van der Waals surface area (Å²) in [5.41, 5.74) is 2.21. The van der Waals surface area contributed by atoms with E-state index >= 15 is 0 Å². The van der Waals surface area contributed by atoms with E-state index in [0.29, 0.717) is 15.1 Å². The molecule has 1 N–H and O–H groups in total. The van der Waals surface area contributed by atoms with Crippen molar-refractivity contribution < 1.29 is 4.42 Å². The fraction of sp³-hybridized carbons (Fsp3) is 0. The third kappa shape index (κ3) is 2.33. The van der Waals surface area contributed by atoms with Crippen LogP contribution < -0.4 is 5.56 Å². The molecule has 0 unspecified atom stereocenters. The Balaban J connectivity index is 2.23. The Kier molecular flexibility index (Phi) is 3.20. The lowest BCUT2D eigenvalue weighted by Crippen LogP contribution is -2.14. The molecule has 0 radical (unpaired) electrons. The maximum absolute atomic E-state index is 12.0.